The highest BCUT2D eigenvalue weighted by Crippen LogP contribution is 2.20. The summed E-state index contributed by atoms with van der Waals surface area (Å²) in [7, 11) is 0. The van der Waals surface area contributed by atoms with Crippen LogP contribution in [0.4, 0.5) is 0 Å². The zero-order valence-electron chi connectivity index (χ0n) is 5.64. The van der Waals surface area contributed by atoms with Gasteiger partial charge in [0.25, 0.3) is 0 Å². The second kappa shape index (κ2) is 2.27. The monoisotopic (exact) mass is 125 g/mol. The Morgan fingerprint density at radius 2 is 2.33 bits per heavy atom. The molecule has 1 saturated heterocycles. The minimum Gasteiger partial charge on any atom is -0.311 e. The molecule has 1 heterocycles. The second-order valence-corrected chi connectivity index (χ2v) is 2.97. The molecule has 2 nitrogen and oxygen atoms in total. The molecule has 1 saturated carbocycles. The predicted molar refractivity (Wildman–Crippen MR) is 36.4 cm³/mol. The number of nitrogens with one attached hydrogen (secondary N) is 1. The molecule has 0 bridgehead atoms. The van der Waals surface area contributed by atoms with Gasteiger partial charge < -0.3 is 5.32 Å². The van der Waals surface area contributed by atoms with E-state index < -0.39 is 0 Å². The fraction of sp³-hybridized carbons (Fsp3) is 1.00. The maximum atomic E-state index is 4.53. The SMILES string of the molecule is C1CC2[N]CCNC2C1. The second-order valence-electron chi connectivity index (χ2n) is 2.97. The topological polar surface area (TPSA) is 26.1 Å². The van der Waals surface area contributed by atoms with Gasteiger partial charge in [-0.15, -0.1) is 0 Å². The maximum Gasteiger partial charge on any atom is 0.0400 e. The van der Waals surface area contributed by atoms with Crippen molar-refractivity contribution in [1.29, 1.82) is 0 Å². The molecule has 1 radical (unpaired) electrons. The quantitative estimate of drug-likeness (QED) is 0.489. The van der Waals surface area contributed by atoms with Crippen molar-refractivity contribution in [3.05, 3.63) is 0 Å². The van der Waals surface area contributed by atoms with Gasteiger partial charge >= 0.3 is 0 Å². The molecular weight excluding hydrogens is 112 g/mol. The van der Waals surface area contributed by atoms with E-state index in [1.54, 1.807) is 0 Å². The Kier molecular flexibility index (Phi) is 1.44. The lowest BCUT2D eigenvalue weighted by atomic mass is 10.1. The predicted octanol–water partition coefficient (Wildman–Crippen LogP) is 0.115. The Bertz CT molecular complexity index is 91.1. The zero-order valence-corrected chi connectivity index (χ0v) is 5.64. The van der Waals surface area contributed by atoms with E-state index in [0.717, 1.165) is 19.1 Å². The molecule has 2 aliphatic rings. The smallest absolute Gasteiger partial charge is 0.0400 e. The summed E-state index contributed by atoms with van der Waals surface area (Å²) in [5.41, 5.74) is 0. The van der Waals surface area contributed by atoms with Crippen molar-refractivity contribution < 1.29 is 0 Å². The Morgan fingerprint density at radius 3 is 3.22 bits per heavy atom. The first-order valence-corrected chi connectivity index (χ1v) is 3.87. The average Bonchev–Trinajstić information content (AvgIpc) is 2.33. The van der Waals surface area contributed by atoms with E-state index in [4.69, 9.17) is 0 Å². The molecule has 0 aromatic heterocycles. The van der Waals surface area contributed by atoms with Gasteiger partial charge in [-0.25, -0.2) is 5.32 Å². The molecule has 2 atom stereocenters. The number of nitrogens with zero attached hydrogens (tertiary/aromatic N) is 1. The van der Waals surface area contributed by atoms with Crippen molar-refractivity contribution in [3.8, 4) is 0 Å². The lowest BCUT2D eigenvalue weighted by Gasteiger charge is -2.25. The van der Waals surface area contributed by atoms with Gasteiger partial charge in [0.1, 0.15) is 0 Å². The largest absolute Gasteiger partial charge is 0.311 e. The van der Waals surface area contributed by atoms with Gasteiger partial charge in [-0.3, -0.25) is 0 Å². The molecule has 0 amide bonds. The summed E-state index contributed by atoms with van der Waals surface area (Å²) in [4.78, 5) is 0. The van der Waals surface area contributed by atoms with Crippen LogP contribution < -0.4 is 10.6 Å². The third-order valence-corrected chi connectivity index (χ3v) is 2.36. The van der Waals surface area contributed by atoms with E-state index >= 15 is 0 Å². The average molecular weight is 125 g/mol. The van der Waals surface area contributed by atoms with Crippen LogP contribution in [-0.2, 0) is 0 Å². The van der Waals surface area contributed by atoms with Crippen LogP contribution in [-0.4, -0.2) is 25.2 Å². The molecule has 9 heavy (non-hydrogen) atoms. The van der Waals surface area contributed by atoms with Crippen molar-refractivity contribution in [3.63, 3.8) is 0 Å². The molecule has 1 aliphatic carbocycles. The molecule has 2 rings (SSSR count). The first-order chi connectivity index (χ1) is 4.47. The molecule has 1 N–H and O–H groups in total. The molecule has 0 aromatic rings. The first kappa shape index (κ1) is 5.69. The Labute approximate surface area is 56.0 Å². The molecule has 0 aromatic carbocycles. The van der Waals surface area contributed by atoms with Crippen LogP contribution in [0.2, 0.25) is 0 Å². The molecule has 51 valence electrons. The third kappa shape index (κ3) is 0.970. The summed E-state index contributed by atoms with van der Waals surface area (Å²) in [6, 6.07) is 1.43. The van der Waals surface area contributed by atoms with E-state index in [9.17, 15) is 0 Å². The van der Waals surface area contributed by atoms with Crippen LogP contribution in [0.15, 0.2) is 0 Å². The fourth-order valence-corrected chi connectivity index (χ4v) is 1.88. The van der Waals surface area contributed by atoms with E-state index in [-0.39, 0.29) is 0 Å². The van der Waals surface area contributed by atoms with Crippen molar-refractivity contribution in [2.45, 2.75) is 31.3 Å². The van der Waals surface area contributed by atoms with Crippen molar-refractivity contribution in [2.24, 2.45) is 0 Å². The van der Waals surface area contributed by atoms with Crippen LogP contribution in [0.25, 0.3) is 0 Å². The third-order valence-electron chi connectivity index (χ3n) is 2.36. The van der Waals surface area contributed by atoms with Crippen LogP contribution in [0.1, 0.15) is 19.3 Å². The van der Waals surface area contributed by atoms with E-state index in [1.807, 2.05) is 0 Å². The normalized spacial score (nSPS) is 42.7. The minimum atomic E-state index is 0.679. The van der Waals surface area contributed by atoms with E-state index in [2.05, 4.69) is 10.6 Å². The van der Waals surface area contributed by atoms with Crippen LogP contribution in [0.5, 0.6) is 0 Å². The summed E-state index contributed by atoms with van der Waals surface area (Å²) in [5.74, 6) is 0. The summed E-state index contributed by atoms with van der Waals surface area (Å²) in [6.45, 7) is 2.16. The van der Waals surface area contributed by atoms with Gasteiger partial charge in [0.15, 0.2) is 0 Å². The lowest BCUT2D eigenvalue weighted by Crippen LogP contribution is -2.49. The van der Waals surface area contributed by atoms with Crippen LogP contribution in [0.3, 0.4) is 0 Å². The van der Waals surface area contributed by atoms with Crippen molar-refractivity contribution in [1.82, 2.24) is 10.6 Å². The summed E-state index contributed by atoms with van der Waals surface area (Å²) in [5, 5.41) is 8.02. The molecule has 2 heteroatoms. The van der Waals surface area contributed by atoms with Gasteiger partial charge in [0.2, 0.25) is 0 Å². The molecule has 0 spiro atoms. The zero-order chi connectivity index (χ0) is 6.10. The highest BCUT2D eigenvalue weighted by Gasteiger charge is 2.29. The standard InChI is InChI=1S/C7H13N2/c1-2-6-7(3-1)9-5-4-8-6/h6-8H,1-5H2. The Morgan fingerprint density at radius 1 is 1.33 bits per heavy atom. The van der Waals surface area contributed by atoms with Crippen LogP contribution in [0, 0.1) is 0 Å². The number of rotatable bonds is 0. The number of piperazine rings is 1. The minimum absolute atomic E-state index is 0.679. The van der Waals surface area contributed by atoms with E-state index in [0.29, 0.717) is 6.04 Å². The van der Waals surface area contributed by atoms with Crippen LogP contribution >= 0.6 is 0 Å². The highest BCUT2D eigenvalue weighted by molar-refractivity contribution is 4.91. The van der Waals surface area contributed by atoms with Crippen molar-refractivity contribution >= 4 is 0 Å². The molecule has 2 unspecified atom stereocenters. The fourth-order valence-electron chi connectivity index (χ4n) is 1.88. The highest BCUT2D eigenvalue weighted by atomic mass is 15.1. The maximum absolute atomic E-state index is 4.53. The van der Waals surface area contributed by atoms with Gasteiger partial charge in [0, 0.05) is 25.2 Å². The van der Waals surface area contributed by atoms with Gasteiger partial charge in [-0.1, -0.05) is 6.42 Å². The first-order valence-electron chi connectivity index (χ1n) is 3.87. The summed E-state index contributed by atoms with van der Waals surface area (Å²) < 4.78 is 0. The molecule has 2 fully saturated rings. The molecule has 1 aliphatic heterocycles. The number of fused-ring (bicyclic) bond motifs is 1. The Balaban J connectivity index is 1.97. The number of hydrogen-bond acceptors (Lipinski definition) is 1. The van der Waals surface area contributed by atoms with E-state index in [1.165, 1.54) is 19.3 Å². The summed E-state index contributed by atoms with van der Waals surface area (Å²) >= 11 is 0. The summed E-state index contributed by atoms with van der Waals surface area (Å²) in [6.07, 6.45) is 4.07. The lowest BCUT2D eigenvalue weighted by molar-refractivity contribution is 0.351. The Hall–Kier alpha value is -0.0800. The van der Waals surface area contributed by atoms with Crippen molar-refractivity contribution in [2.75, 3.05) is 13.1 Å². The van der Waals surface area contributed by atoms with Gasteiger partial charge in [-0.2, -0.15) is 0 Å². The molecular formula is C7H13N2. The van der Waals surface area contributed by atoms with Gasteiger partial charge in [-0.05, 0) is 12.8 Å². The van der Waals surface area contributed by atoms with Gasteiger partial charge in [0.05, 0.1) is 0 Å². The number of hydrogen-bond donors (Lipinski definition) is 1.